The van der Waals surface area contributed by atoms with Crippen LogP contribution in [0, 0.1) is 11.3 Å². The van der Waals surface area contributed by atoms with Gasteiger partial charge in [-0.3, -0.25) is 4.90 Å². The molecule has 0 aromatic heterocycles. The van der Waals surface area contributed by atoms with Crippen molar-refractivity contribution in [3.63, 3.8) is 0 Å². The van der Waals surface area contributed by atoms with Crippen LogP contribution in [0.5, 0.6) is 0 Å². The maximum atomic E-state index is 8.86. The zero-order chi connectivity index (χ0) is 11.3. The molecule has 15 heavy (non-hydrogen) atoms. The highest BCUT2D eigenvalue weighted by Crippen LogP contribution is 2.14. The van der Waals surface area contributed by atoms with Gasteiger partial charge in [0.1, 0.15) is 0 Å². The van der Waals surface area contributed by atoms with Crippen molar-refractivity contribution in [3.8, 4) is 6.07 Å². The third-order valence-electron chi connectivity index (χ3n) is 2.57. The number of nitrogens with two attached hydrogens (primary N) is 1. The first-order valence-corrected chi connectivity index (χ1v) is 5.16. The second-order valence-electron chi connectivity index (χ2n) is 3.57. The molecule has 0 saturated heterocycles. The summed E-state index contributed by atoms with van der Waals surface area (Å²) in [7, 11) is 0. The van der Waals surface area contributed by atoms with E-state index in [9.17, 15) is 0 Å². The van der Waals surface area contributed by atoms with E-state index in [0.717, 1.165) is 24.3 Å². The molecule has 1 unspecified atom stereocenters. The van der Waals surface area contributed by atoms with Crippen LogP contribution in [0.4, 0.5) is 5.69 Å². The van der Waals surface area contributed by atoms with Crippen molar-refractivity contribution in [2.24, 2.45) is 0 Å². The molecule has 0 aliphatic rings. The number of benzene rings is 1. The quantitative estimate of drug-likeness (QED) is 0.761. The monoisotopic (exact) mass is 203 g/mol. The van der Waals surface area contributed by atoms with Gasteiger partial charge in [0.05, 0.1) is 12.1 Å². The fraction of sp³-hybridized carbons (Fsp3) is 0.417. The molecule has 0 bridgehead atoms. The topological polar surface area (TPSA) is 53.0 Å². The molecule has 2 N–H and O–H groups in total. The normalized spacial score (nSPS) is 12.4. The Morgan fingerprint density at radius 3 is 2.67 bits per heavy atom. The molecule has 3 nitrogen and oxygen atoms in total. The van der Waals surface area contributed by atoms with Crippen LogP contribution in [0.25, 0.3) is 0 Å². The zero-order valence-corrected chi connectivity index (χ0v) is 9.27. The summed E-state index contributed by atoms with van der Waals surface area (Å²) in [5.74, 6) is 0. The zero-order valence-electron chi connectivity index (χ0n) is 9.27. The molecule has 1 aromatic carbocycles. The van der Waals surface area contributed by atoms with Crippen molar-refractivity contribution in [2.45, 2.75) is 26.4 Å². The maximum absolute atomic E-state index is 8.86. The molecule has 3 heteroatoms. The molecule has 0 aliphatic heterocycles. The van der Waals surface area contributed by atoms with Crippen molar-refractivity contribution in [2.75, 3.05) is 12.3 Å². The molecule has 0 heterocycles. The second kappa shape index (κ2) is 5.38. The first kappa shape index (κ1) is 11.5. The Morgan fingerprint density at radius 2 is 2.13 bits per heavy atom. The summed E-state index contributed by atoms with van der Waals surface area (Å²) in [6.45, 7) is 5.54. The van der Waals surface area contributed by atoms with E-state index in [1.54, 1.807) is 0 Å². The number of nitrogens with zero attached hydrogens (tertiary/aromatic N) is 2. The lowest BCUT2D eigenvalue weighted by Gasteiger charge is -2.23. The Labute approximate surface area is 91.1 Å². The molecule has 0 radical (unpaired) electrons. The van der Waals surface area contributed by atoms with Gasteiger partial charge < -0.3 is 5.73 Å². The van der Waals surface area contributed by atoms with E-state index >= 15 is 0 Å². The lowest BCUT2D eigenvalue weighted by molar-refractivity contribution is 0.250. The summed E-state index contributed by atoms with van der Waals surface area (Å²) < 4.78 is 0. The molecule has 0 spiro atoms. The number of hydrogen-bond acceptors (Lipinski definition) is 3. The third-order valence-corrected chi connectivity index (χ3v) is 2.57. The van der Waals surface area contributed by atoms with Crippen LogP contribution in [0.15, 0.2) is 24.3 Å². The molecule has 0 aliphatic carbocycles. The van der Waals surface area contributed by atoms with Crippen LogP contribution >= 0.6 is 0 Å². The molecular weight excluding hydrogens is 186 g/mol. The SMILES string of the molecule is CCN(Cc1ccccc1N)C(C)C#N. The molecule has 1 atom stereocenters. The Hall–Kier alpha value is -1.53. The smallest absolute Gasteiger partial charge is 0.0952 e. The van der Waals surface area contributed by atoms with Crippen molar-refractivity contribution in [3.05, 3.63) is 29.8 Å². The lowest BCUT2D eigenvalue weighted by atomic mass is 10.1. The second-order valence-corrected chi connectivity index (χ2v) is 3.57. The fourth-order valence-electron chi connectivity index (χ4n) is 1.50. The van der Waals surface area contributed by atoms with Crippen LogP contribution in [-0.2, 0) is 6.54 Å². The van der Waals surface area contributed by atoms with Crippen molar-refractivity contribution < 1.29 is 0 Å². The van der Waals surface area contributed by atoms with E-state index in [-0.39, 0.29) is 6.04 Å². The Morgan fingerprint density at radius 1 is 1.47 bits per heavy atom. The van der Waals surface area contributed by atoms with Gasteiger partial charge in [-0.05, 0) is 25.1 Å². The third kappa shape index (κ3) is 2.97. The van der Waals surface area contributed by atoms with Crippen molar-refractivity contribution in [1.82, 2.24) is 4.90 Å². The highest BCUT2D eigenvalue weighted by Gasteiger charge is 2.12. The maximum Gasteiger partial charge on any atom is 0.0952 e. The number of anilines is 1. The summed E-state index contributed by atoms with van der Waals surface area (Å²) in [6.07, 6.45) is 0. The molecule has 1 rings (SSSR count). The van der Waals surface area contributed by atoms with Crippen LogP contribution < -0.4 is 5.73 Å². The Bertz CT molecular complexity index is 354. The predicted octanol–water partition coefficient (Wildman–Crippen LogP) is 2.00. The summed E-state index contributed by atoms with van der Waals surface area (Å²) in [4.78, 5) is 2.09. The van der Waals surface area contributed by atoms with Crippen LogP contribution in [0.2, 0.25) is 0 Å². The van der Waals surface area contributed by atoms with Crippen LogP contribution in [-0.4, -0.2) is 17.5 Å². The van der Waals surface area contributed by atoms with Crippen molar-refractivity contribution in [1.29, 1.82) is 5.26 Å². The molecule has 1 aromatic rings. The first-order chi connectivity index (χ1) is 7.19. The van der Waals surface area contributed by atoms with Gasteiger partial charge in [-0.25, -0.2) is 0 Å². The van der Waals surface area contributed by atoms with Gasteiger partial charge in [0.25, 0.3) is 0 Å². The number of para-hydroxylation sites is 1. The average Bonchev–Trinajstić information content (AvgIpc) is 2.27. The van der Waals surface area contributed by atoms with E-state index in [1.807, 2.05) is 38.1 Å². The summed E-state index contributed by atoms with van der Waals surface area (Å²) in [5.41, 5.74) is 7.73. The first-order valence-electron chi connectivity index (χ1n) is 5.16. The Balaban J connectivity index is 2.76. The van der Waals surface area contributed by atoms with Gasteiger partial charge in [0, 0.05) is 12.2 Å². The van der Waals surface area contributed by atoms with E-state index in [2.05, 4.69) is 11.0 Å². The van der Waals surface area contributed by atoms with Crippen LogP contribution in [0.3, 0.4) is 0 Å². The van der Waals surface area contributed by atoms with Crippen LogP contribution in [0.1, 0.15) is 19.4 Å². The Kier molecular flexibility index (Phi) is 4.14. The van der Waals surface area contributed by atoms with Gasteiger partial charge >= 0.3 is 0 Å². The number of nitrogen functional groups attached to an aromatic ring is 1. The lowest BCUT2D eigenvalue weighted by Crippen LogP contribution is -2.31. The minimum atomic E-state index is -0.0744. The molecule has 0 saturated carbocycles. The highest BCUT2D eigenvalue weighted by atomic mass is 15.1. The van der Waals surface area contributed by atoms with Gasteiger partial charge in [0.2, 0.25) is 0 Å². The predicted molar refractivity (Wildman–Crippen MR) is 62.0 cm³/mol. The standard InChI is InChI=1S/C12H17N3/c1-3-15(10(2)8-13)9-11-6-4-5-7-12(11)14/h4-7,10H,3,9,14H2,1-2H3. The minimum absolute atomic E-state index is 0.0744. The number of nitriles is 1. The summed E-state index contributed by atoms with van der Waals surface area (Å²) in [6, 6.07) is 9.95. The fourth-order valence-corrected chi connectivity index (χ4v) is 1.50. The minimum Gasteiger partial charge on any atom is -0.398 e. The van der Waals surface area contributed by atoms with Gasteiger partial charge in [0.15, 0.2) is 0 Å². The molecule has 0 fully saturated rings. The van der Waals surface area contributed by atoms with E-state index in [1.165, 1.54) is 0 Å². The summed E-state index contributed by atoms with van der Waals surface area (Å²) in [5, 5.41) is 8.86. The molecule has 80 valence electrons. The molecule has 0 amide bonds. The number of rotatable bonds is 4. The summed E-state index contributed by atoms with van der Waals surface area (Å²) >= 11 is 0. The highest BCUT2D eigenvalue weighted by molar-refractivity contribution is 5.46. The van der Waals surface area contributed by atoms with Gasteiger partial charge in [-0.15, -0.1) is 0 Å². The van der Waals surface area contributed by atoms with E-state index in [0.29, 0.717) is 0 Å². The largest absolute Gasteiger partial charge is 0.398 e. The van der Waals surface area contributed by atoms with E-state index < -0.39 is 0 Å². The van der Waals surface area contributed by atoms with Gasteiger partial charge in [-0.1, -0.05) is 25.1 Å². The average molecular weight is 203 g/mol. The van der Waals surface area contributed by atoms with E-state index in [4.69, 9.17) is 11.0 Å². The van der Waals surface area contributed by atoms with Gasteiger partial charge in [-0.2, -0.15) is 5.26 Å². The number of hydrogen-bond donors (Lipinski definition) is 1. The molecular formula is C12H17N3. The van der Waals surface area contributed by atoms with Crippen molar-refractivity contribution >= 4 is 5.69 Å².